The SMILES string of the molecule is CN1CCN(CCSCC(=O)O)CC1. The molecule has 0 amide bonds. The number of piperazine rings is 1. The minimum atomic E-state index is -0.714. The van der Waals surface area contributed by atoms with E-state index in [9.17, 15) is 4.79 Å². The van der Waals surface area contributed by atoms with Crippen molar-refractivity contribution in [2.24, 2.45) is 0 Å². The number of nitrogens with zero attached hydrogens (tertiary/aromatic N) is 2. The third-order valence-electron chi connectivity index (χ3n) is 2.37. The van der Waals surface area contributed by atoms with Gasteiger partial charge in [-0.25, -0.2) is 0 Å². The van der Waals surface area contributed by atoms with Gasteiger partial charge in [0.25, 0.3) is 0 Å². The summed E-state index contributed by atoms with van der Waals surface area (Å²) in [5.74, 6) is 0.442. The molecule has 5 heteroatoms. The Kier molecular flexibility index (Phi) is 5.29. The van der Waals surface area contributed by atoms with Crippen LogP contribution in [0, 0.1) is 0 Å². The molecule has 0 aromatic heterocycles. The summed E-state index contributed by atoms with van der Waals surface area (Å²) in [5, 5.41) is 8.44. The van der Waals surface area contributed by atoms with Gasteiger partial charge in [-0.05, 0) is 7.05 Å². The number of hydrogen-bond donors (Lipinski definition) is 1. The Hall–Kier alpha value is -0.260. The van der Waals surface area contributed by atoms with Crippen molar-refractivity contribution in [3.05, 3.63) is 0 Å². The fourth-order valence-corrected chi connectivity index (χ4v) is 2.13. The second-order valence-electron chi connectivity index (χ2n) is 3.59. The first kappa shape index (κ1) is 11.8. The topological polar surface area (TPSA) is 43.8 Å². The van der Waals surface area contributed by atoms with Crippen LogP contribution >= 0.6 is 11.8 Å². The van der Waals surface area contributed by atoms with Crippen LogP contribution in [0.2, 0.25) is 0 Å². The Morgan fingerprint density at radius 2 is 2.00 bits per heavy atom. The first-order valence-electron chi connectivity index (χ1n) is 4.89. The fraction of sp³-hybridized carbons (Fsp3) is 0.889. The monoisotopic (exact) mass is 218 g/mol. The van der Waals surface area contributed by atoms with Gasteiger partial charge in [-0.3, -0.25) is 9.69 Å². The van der Waals surface area contributed by atoms with Gasteiger partial charge in [0.15, 0.2) is 0 Å². The molecule has 0 spiro atoms. The Labute approximate surface area is 89.3 Å². The van der Waals surface area contributed by atoms with E-state index in [1.165, 1.54) is 11.8 Å². The van der Waals surface area contributed by atoms with Gasteiger partial charge in [0.05, 0.1) is 5.75 Å². The van der Waals surface area contributed by atoms with Crippen molar-refractivity contribution in [3.8, 4) is 0 Å². The predicted molar refractivity (Wildman–Crippen MR) is 58.9 cm³/mol. The van der Waals surface area contributed by atoms with Crippen molar-refractivity contribution in [3.63, 3.8) is 0 Å². The molecule has 0 bridgehead atoms. The summed E-state index contributed by atoms with van der Waals surface area (Å²) in [7, 11) is 2.14. The number of carboxylic acids is 1. The summed E-state index contributed by atoms with van der Waals surface area (Å²) >= 11 is 1.50. The predicted octanol–water partition coefficient (Wildman–Crippen LogP) is 0.0516. The quantitative estimate of drug-likeness (QED) is 0.661. The molecule has 1 fully saturated rings. The molecule has 1 rings (SSSR count). The van der Waals surface area contributed by atoms with Crippen molar-refractivity contribution in [1.29, 1.82) is 0 Å². The number of hydrogen-bond acceptors (Lipinski definition) is 4. The van der Waals surface area contributed by atoms with E-state index >= 15 is 0 Å². The van der Waals surface area contributed by atoms with Crippen LogP contribution in [0.15, 0.2) is 0 Å². The Balaban J connectivity index is 1.99. The third-order valence-corrected chi connectivity index (χ3v) is 3.30. The van der Waals surface area contributed by atoms with Crippen LogP contribution in [0.5, 0.6) is 0 Å². The zero-order valence-electron chi connectivity index (χ0n) is 8.61. The second-order valence-corrected chi connectivity index (χ2v) is 4.70. The number of carbonyl (C=O) groups is 1. The number of thioether (sulfide) groups is 1. The van der Waals surface area contributed by atoms with Gasteiger partial charge in [0, 0.05) is 38.5 Å². The van der Waals surface area contributed by atoms with Gasteiger partial charge >= 0.3 is 5.97 Å². The number of likely N-dealkylation sites (N-methyl/N-ethyl adjacent to an activating group) is 1. The molecule has 1 heterocycles. The zero-order valence-corrected chi connectivity index (χ0v) is 9.42. The van der Waals surface area contributed by atoms with Crippen molar-refractivity contribution < 1.29 is 9.90 Å². The van der Waals surface area contributed by atoms with Crippen LogP contribution in [-0.2, 0) is 4.79 Å². The molecule has 1 saturated heterocycles. The van der Waals surface area contributed by atoms with Gasteiger partial charge in [0.1, 0.15) is 0 Å². The van der Waals surface area contributed by atoms with E-state index in [4.69, 9.17) is 5.11 Å². The lowest BCUT2D eigenvalue weighted by molar-refractivity contribution is -0.133. The highest BCUT2D eigenvalue weighted by Gasteiger charge is 2.12. The van der Waals surface area contributed by atoms with Crippen LogP contribution in [0.1, 0.15) is 0 Å². The molecular weight excluding hydrogens is 200 g/mol. The van der Waals surface area contributed by atoms with E-state index in [1.54, 1.807) is 0 Å². The molecule has 0 atom stereocenters. The summed E-state index contributed by atoms with van der Waals surface area (Å²) < 4.78 is 0. The molecule has 0 aromatic carbocycles. The Bertz CT molecular complexity index is 182. The Morgan fingerprint density at radius 3 is 2.57 bits per heavy atom. The summed E-state index contributed by atoms with van der Waals surface area (Å²) in [6.07, 6.45) is 0. The van der Waals surface area contributed by atoms with Gasteiger partial charge < -0.3 is 10.0 Å². The smallest absolute Gasteiger partial charge is 0.313 e. The lowest BCUT2D eigenvalue weighted by Gasteiger charge is -2.32. The molecule has 0 unspecified atom stereocenters. The van der Waals surface area contributed by atoms with E-state index < -0.39 is 5.97 Å². The van der Waals surface area contributed by atoms with Crippen LogP contribution in [0.3, 0.4) is 0 Å². The molecule has 1 aliphatic heterocycles. The number of aliphatic carboxylic acids is 1. The second kappa shape index (κ2) is 6.27. The molecule has 1 aliphatic rings. The molecule has 4 nitrogen and oxygen atoms in total. The summed E-state index contributed by atoms with van der Waals surface area (Å²) in [6.45, 7) is 5.51. The maximum Gasteiger partial charge on any atom is 0.313 e. The third kappa shape index (κ3) is 4.83. The number of carboxylic acid groups (broad SMARTS) is 1. The maximum atomic E-state index is 10.3. The van der Waals surface area contributed by atoms with E-state index in [0.717, 1.165) is 38.5 Å². The molecular formula is C9H18N2O2S. The first-order chi connectivity index (χ1) is 6.68. The molecule has 0 aliphatic carbocycles. The lowest BCUT2D eigenvalue weighted by Crippen LogP contribution is -2.45. The maximum absolute atomic E-state index is 10.3. The fourth-order valence-electron chi connectivity index (χ4n) is 1.42. The van der Waals surface area contributed by atoms with Gasteiger partial charge in [-0.2, -0.15) is 0 Å². The summed E-state index contributed by atoms with van der Waals surface area (Å²) in [4.78, 5) is 15.0. The van der Waals surface area contributed by atoms with E-state index in [-0.39, 0.29) is 5.75 Å². The Morgan fingerprint density at radius 1 is 1.36 bits per heavy atom. The highest BCUT2D eigenvalue weighted by molar-refractivity contribution is 7.99. The van der Waals surface area contributed by atoms with Gasteiger partial charge in [-0.1, -0.05) is 0 Å². The molecule has 14 heavy (non-hydrogen) atoms. The molecule has 0 radical (unpaired) electrons. The summed E-state index contributed by atoms with van der Waals surface area (Å²) in [6, 6.07) is 0. The van der Waals surface area contributed by atoms with Crippen molar-refractivity contribution in [1.82, 2.24) is 9.80 Å². The van der Waals surface area contributed by atoms with Crippen molar-refractivity contribution in [2.75, 3.05) is 51.3 Å². The first-order valence-corrected chi connectivity index (χ1v) is 6.04. The van der Waals surface area contributed by atoms with Crippen molar-refractivity contribution in [2.45, 2.75) is 0 Å². The molecule has 0 aromatic rings. The van der Waals surface area contributed by atoms with Crippen LogP contribution < -0.4 is 0 Å². The standard InChI is InChI=1S/C9H18N2O2S/c1-10-2-4-11(5-3-10)6-7-14-8-9(12)13/h2-8H2,1H3,(H,12,13). The summed E-state index contributed by atoms with van der Waals surface area (Å²) in [5.41, 5.74) is 0. The molecule has 82 valence electrons. The highest BCUT2D eigenvalue weighted by atomic mass is 32.2. The van der Waals surface area contributed by atoms with Crippen LogP contribution in [0.25, 0.3) is 0 Å². The van der Waals surface area contributed by atoms with E-state index in [1.807, 2.05) is 0 Å². The average molecular weight is 218 g/mol. The van der Waals surface area contributed by atoms with Crippen LogP contribution in [-0.4, -0.2) is 72.2 Å². The largest absolute Gasteiger partial charge is 0.481 e. The average Bonchev–Trinajstić information content (AvgIpc) is 2.15. The van der Waals surface area contributed by atoms with Crippen LogP contribution in [0.4, 0.5) is 0 Å². The minimum Gasteiger partial charge on any atom is -0.481 e. The van der Waals surface area contributed by atoms with E-state index in [2.05, 4.69) is 16.8 Å². The van der Waals surface area contributed by atoms with Crippen molar-refractivity contribution >= 4 is 17.7 Å². The van der Waals surface area contributed by atoms with Gasteiger partial charge in [0.2, 0.25) is 0 Å². The lowest BCUT2D eigenvalue weighted by atomic mass is 10.3. The normalized spacial score (nSPS) is 19.8. The molecule has 0 saturated carbocycles. The van der Waals surface area contributed by atoms with Gasteiger partial charge in [-0.15, -0.1) is 11.8 Å². The molecule has 1 N–H and O–H groups in total. The minimum absolute atomic E-state index is 0.230. The highest BCUT2D eigenvalue weighted by Crippen LogP contribution is 2.03. The zero-order chi connectivity index (χ0) is 10.4. The van der Waals surface area contributed by atoms with E-state index in [0.29, 0.717) is 0 Å². The number of rotatable bonds is 5.